The first kappa shape index (κ1) is 23.8. The molecule has 8 heteroatoms. The van der Waals surface area contributed by atoms with E-state index >= 15 is 0 Å². The number of hydrogen-bond donors (Lipinski definition) is 2. The van der Waals surface area contributed by atoms with Crippen LogP contribution < -0.4 is 14.8 Å². The molecule has 0 aliphatic carbocycles. The van der Waals surface area contributed by atoms with Gasteiger partial charge in [-0.15, -0.1) is 0 Å². The molecule has 0 aromatic heterocycles. The Balaban J connectivity index is 1.90. The molecule has 0 heterocycles. The van der Waals surface area contributed by atoms with E-state index in [1.807, 2.05) is 54.6 Å². The van der Waals surface area contributed by atoms with Crippen molar-refractivity contribution in [1.29, 1.82) is 0 Å². The molecule has 0 spiro atoms. The third-order valence-corrected chi connectivity index (χ3v) is 7.13. The lowest BCUT2D eigenvalue weighted by atomic mass is 10.1. The van der Waals surface area contributed by atoms with E-state index in [1.54, 1.807) is 20.8 Å². The lowest BCUT2D eigenvalue weighted by Gasteiger charge is -2.21. The van der Waals surface area contributed by atoms with Gasteiger partial charge in [0.05, 0.1) is 12.8 Å². The first-order chi connectivity index (χ1) is 15.1. The Labute approximate surface area is 193 Å². The SMILES string of the molecule is COc1ccc(C(=O)Nc2ccccc2Sc2ccccc2)cc1S(=O)(=O)NC(C)(C)C. The van der Waals surface area contributed by atoms with Crippen molar-refractivity contribution in [2.45, 2.75) is 41.0 Å². The van der Waals surface area contributed by atoms with E-state index in [2.05, 4.69) is 10.0 Å². The summed E-state index contributed by atoms with van der Waals surface area (Å²) in [5.74, 6) is -0.251. The molecule has 0 saturated carbocycles. The van der Waals surface area contributed by atoms with Crippen molar-refractivity contribution >= 4 is 33.4 Å². The number of carbonyl (C=O) groups excluding carboxylic acids is 1. The minimum absolute atomic E-state index is 0.0884. The molecular weight excluding hydrogens is 444 g/mol. The number of carbonyl (C=O) groups is 1. The van der Waals surface area contributed by atoms with Crippen LogP contribution in [0.25, 0.3) is 0 Å². The van der Waals surface area contributed by atoms with Gasteiger partial charge in [-0.3, -0.25) is 4.79 Å². The Morgan fingerprint density at radius 2 is 1.59 bits per heavy atom. The molecule has 0 bridgehead atoms. The van der Waals surface area contributed by atoms with E-state index in [9.17, 15) is 13.2 Å². The van der Waals surface area contributed by atoms with Crippen LogP contribution in [0.1, 0.15) is 31.1 Å². The van der Waals surface area contributed by atoms with Gasteiger partial charge in [-0.2, -0.15) is 0 Å². The monoisotopic (exact) mass is 470 g/mol. The zero-order valence-corrected chi connectivity index (χ0v) is 20.0. The van der Waals surface area contributed by atoms with Crippen molar-refractivity contribution < 1.29 is 17.9 Å². The van der Waals surface area contributed by atoms with Gasteiger partial charge in [0.2, 0.25) is 10.0 Å². The standard InChI is InChI=1S/C24H26N2O4S2/c1-24(2,3)26-32(28,29)22-16-17(14-15-20(22)30-4)23(27)25-19-12-8-9-13-21(19)31-18-10-6-5-7-11-18/h5-16,26H,1-4H3,(H,25,27). The summed E-state index contributed by atoms with van der Waals surface area (Å²) in [5, 5.41) is 2.90. The van der Waals surface area contributed by atoms with Crippen molar-refractivity contribution in [3.63, 3.8) is 0 Å². The van der Waals surface area contributed by atoms with E-state index in [0.717, 1.165) is 9.79 Å². The predicted octanol–water partition coefficient (Wildman–Crippen LogP) is 5.18. The van der Waals surface area contributed by atoms with Crippen molar-refractivity contribution in [3.8, 4) is 5.75 Å². The third-order valence-electron chi connectivity index (χ3n) is 4.26. The van der Waals surface area contributed by atoms with Gasteiger partial charge in [0.1, 0.15) is 10.6 Å². The molecule has 168 valence electrons. The fourth-order valence-corrected chi connectivity index (χ4v) is 5.49. The van der Waals surface area contributed by atoms with E-state index in [1.165, 1.54) is 37.1 Å². The van der Waals surface area contributed by atoms with Gasteiger partial charge in [-0.1, -0.05) is 42.1 Å². The lowest BCUT2D eigenvalue weighted by molar-refractivity contribution is 0.102. The first-order valence-corrected chi connectivity index (χ1v) is 12.2. The number of rotatable bonds is 7. The highest BCUT2D eigenvalue weighted by Crippen LogP contribution is 2.34. The average molecular weight is 471 g/mol. The van der Waals surface area contributed by atoms with E-state index in [-0.39, 0.29) is 16.2 Å². The largest absolute Gasteiger partial charge is 0.495 e. The van der Waals surface area contributed by atoms with Crippen LogP contribution in [0.5, 0.6) is 5.75 Å². The molecule has 1 amide bonds. The minimum atomic E-state index is -3.90. The Kier molecular flexibility index (Phi) is 7.28. The van der Waals surface area contributed by atoms with E-state index < -0.39 is 21.5 Å². The first-order valence-electron chi connectivity index (χ1n) is 9.94. The summed E-state index contributed by atoms with van der Waals surface area (Å²) in [5.41, 5.74) is 0.161. The zero-order valence-electron chi connectivity index (χ0n) is 18.4. The van der Waals surface area contributed by atoms with Gasteiger partial charge >= 0.3 is 0 Å². The van der Waals surface area contributed by atoms with Gasteiger partial charge in [0.15, 0.2) is 0 Å². The summed E-state index contributed by atoms with van der Waals surface area (Å²) in [4.78, 5) is 14.8. The number of amides is 1. The number of hydrogen-bond acceptors (Lipinski definition) is 5. The Morgan fingerprint density at radius 1 is 0.938 bits per heavy atom. The molecule has 0 aliphatic rings. The topological polar surface area (TPSA) is 84.5 Å². The van der Waals surface area contributed by atoms with Crippen LogP contribution >= 0.6 is 11.8 Å². The fourth-order valence-electron chi connectivity index (χ4n) is 2.95. The molecule has 0 fully saturated rings. The second-order valence-electron chi connectivity index (χ2n) is 8.09. The van der Waals surface area contributed by atoms with Crippen molar-refractivity contribution in [2.75, 3.05) is 12.4 Å². The van der Waals surface area contributed by atoms with Gasteiger partial charge in [0.25, 0.3) is 5.91 Å². The van der Waals surface area contributed by atoms with Crippen molar-refractivity contribution in [2.24, 2.45) is 0 Å². The van der Waals surface area contributed by atoms with Crippen LogP contribution in [0.3, 0.4) is 0 Å². The number of nitrogens with one attached hydrogen (secondary N) is 2. The molecule has 0 aliphatic heterocycles. The average Bonchev–Trinajstić information content (AvgIpc) is 2.73. The van der Waals surface area contributed by atoms with Crippen molar-refractivity contribution in [3.05, 3.63) is 78.4 Å². The second-order valence-corrected chi connectivity index (χ2v) is 10.9. The maximum atomic E-state index is 13.0. The van der Waals surface area contributed by atoms with Gasteiger partial charge in [0, 0.05) is 20.9 Å². The zero-order chi connectivity index (χ0) is 23.4. The second kappa shape index (κ2) is 9.77. The molecule has 32 heavy (non-hydrogen) atoms. The molecule has 2 N–H and O–H groups in total. The summed E-state index contributed by atoms with van der Waals surface area (Å²) in [7, 11) is -2.51. The van der Waals surface area contributed by atoms with Crippen LogP contribution in [0.15, 0.2) is 87.5 Å². The highest BCUT2D eigenvalue weighted by Gasteiger charge is 2.26. The van der Waals surface area contributed by atoms with Gasteiger partial charge in [-0.05, 0) is 63.2 Å². The molecule has 0 saturated heterocycles. The third kappa shape index (κ3) is 6.12. The molecule has 0 unspecified atom stereocenters. The lowest BCUT2D eigenvalue weighted by Crippen LogP contribution is -2.40. The maximum absolute atomic E-state index is 13.0. The van der Waals surface area contributed by atoms with Gasteiger partial charge in [-0.25, -0.2) is 13.1 Å². The Bertz CT molecular complexity index is 1200. The highest BCUT2D eigenvalue weighted by molar-refractivity contribution is 7.99. The van der Waals surface area contributed by atoms with Crippen LogP contribution in [-0.4, -0.2) is 27.0 Å². The highest BCUT2D eigenvalue weighted by atomic mass is 32.2. The molecule has 3 aromatic carbocycles. The summed E-state index contributed by atoms with van der Waals surface area (Å²) >= 11 is 1.53. The van der Waals surface area contributed by atoms with Crippen LogP contribution in [0.2, 0.25) is 0 Å². The number of sulfonamides is 1. The molecule has 6 nitrogen and oxygen atoms in total. The summed E-state index contributed by atoms with van der Waals surface area (Å²) in [6.07, 6.45) is 0. The number of benzene rings is 3. The minimum Gasteiger partial charge on any atom is -0.495 e. The summed E-state index contributed by atoms with van der Waals surface area (Å²) in [6, 6.07) is 21.7. The smallest absolute Gasteiger partial charge is 0.255 e. The molecule has 3 rings (SSSR count). The summed E-state index contributed by atoms with van der Waals surface area (Å²) in [6.45, 7) is 5.23. The van der Waals surface area contributed by atoms with E-state index in [4.69, 9.17) is 4.74 Å². The quantitative estimate of drug-likeness (QED) is 0.497. The molecule has 0 atom stereocenters. The number of para-hydroxylation sites is 1. The summed E-state index contributed by atoms with van der Waals surface area (Å²) < 4.78 is 33.6. The number of anilines is 1. The van der Waals surface area contributed by atoms with Crippen molar-refractivity contribution in [1.82, 2.24) is 4.72 Å². The van der Waals surface area contributed by atoms with Crippen LogP contribution in [0.4, 0.5) is 5.69 Å². The molecule has 0 radical (unpaired) electrons. The van der Waals surface area contributed by atoms with Crippen LogP contribution in [-0.2, 0) is 10.0 Å². The van der Waals surface area contributed by atoms with E-state index in [0.29, 0.717) is 5.69 Å². The Morgan fingerprint density at radius 3 is 2.25 bits per heavy atom. The number of methoxy groups -OCH3 is 1. The Hall–Kier alpha value is -2.81. The predicted molar refractivity (Wildman–Crippen MR) is 128 cm³/mol. The van der Waals surface area contributed by atoms with Crippen LogP contribution in [0, 0.1) is 0 Å². The fraction of sp³-hybridized carbons (Fsp3) is 0.208. The molecular formula is C24H26N2O4S2. The maximum Gasteiger partial charge on any atom is 0.255 e. The normalized spacial score (nSPS) is 11.8. The molecule has 3 aromatic rings. The van der Waals surface area contributed by atoms with Gasteiger partial charge < -0.3 is 10.1 Å². The number of ether oxygens (including phenoxy) is 1.